The molecule has 0 N–H and O–H groups in total. The van der Waals surface area contributed by atoms with E-state index in [2.05, 4.69) is 4.74 Å². The molecule has 5 heteroatoms. The van der Waals surface area contributed by atoms with Crippen molar-refractivity contribution in [2.75, 3.05) is 20.8 Å². The van der Waals surface area contributed by atoms with Crippen LogP contribution in [0.5, 0.6) is 0 Å². The Kier molecular flexibility index (Phi) is 6.72. The van der Waals surface area contributed by atoms with E-state index in [4.69, 9.17) is 9.47 Å². The lowest BCUT2D eigenvalue weighted by molar-refractivity contribution is -0.180. The standard InChI is InChI=1S/C11H20O5/c1-5-7-11(2,10(13)15-4)16-9(12)6-8-14-3/h5-8H2,1-4H3. The molecular weight excluding hydrogens is 212 g/mol. The molecule has 0 aliphatic carbocycles. The third-order valence-corrected chi connectivity index (χ3v) is 2.19. The molecule has 0 aliphatic rings. The topological polar surface area (TPSA) is 61.8 Å². The molecule has 0 spiro atoms. The lowest BCUT2D eigenvalue weighted by Gasteiger charge is -2.26. The first-order chi connectivity index (χ1) is 7.50. The summed E-state index contributed by atoms with van der Waals surface area (Å²) in [5, 5.41) is 0. The van der Waals surface area contributed by atoms with Gasteiger partial charge in [0.05, 0.1) is 20.1 Å². The fourth-order valence-corrected chi connectivity index (χ4v) is 1.38. The fraction of sp³-hybridized carbons (Fsp3) is 0.818. The summed E-state index contributed by atoms with van der Waals surface area (Å²) in [5.41, 5.74) is -1.19. The highest BCUT2D eigenvalue weighted by molar-refractivity contribution is 5.83. The first kappa shape index (κ1) is 14.9. The van der Waals surface area contributed by atoms with Crippen LogP contribution in [0, 0.1) is 0 Å². The number of carbonyl (C=O) groups excluding carboxylic acids is 2. The largest absolute Gasteiger partial charge is 0.466 e. The minimum absolute atomic E-state index is 0.132. The molecule has 94 valence electrons. The van der Waals surface area contributed by atoms with E-state index >= 15 is 0 Å². The molecule has 0 aromatic rings. The molecule has 0 aliphatic heterocycles. The monoisotopic (exact) mass is 232 g/mol. The second-order valence-electron chi connectivity index (χ2n) is 3.69. The van der Waals surface area contributed by atoms with Crippen molar-refractivity contribution >= 4 is 11.9 Å². The second kappa shape index (κ2) is 7.22. The SMILES string of the molecule is CCCC(C)(OC(=O)CCOC)C(=O)OC. The Bertz CT molecular complexity index is 239. The Morgan fingerprint density at radius 1 is 1.25 bits per heavy atom. The highest BCUT2D eigenvalue weighted by Crippen LogP contribution is 2.20. The lowest BCUT2D eigenvalue weighted by Crippen LogP contribution is -2.41. The molecule has 0 aromatic carbocycles. The number of hydrogen-bond acceptors (Lipinski definition) is 5. The molecule has 0 fully saturated rings. The average Bonchev–Trinajstić information content (AvgIpc) is 2.25. The smallest absolute Gasteiger partial charge is 0.350 e. The summed E-state index contributed by atoms with van der Waals surface area (Å²) in [6.45, 7) is 3.75. The summed E-state index contributed by atoms with van der Waals surface area (Å²) in [5.74, 6) is -0.983. The van der Waals surface area contributed by atoms with Crippen molar-refractivity contribution in [1.29, 1.82) is 0 Å². The van der Waals surface area contributed by atoms with Crippen LogP contribution < -0.4 is 0 Å². The van der Waals surface area contributed by atoms with Gasteiger partial charge in [0, 0.05) is 7.11 Å². The summed E-state index contributed by atoms with van der Waals surface area (Å²) in [6.07, 6.45) is 1.30. The van der Waals surface area contributed by atoms with Gasteiger partial charge in [0.25, 0.3) is 0 Å². The Hall–Kier alpha value is -1.10. The zero-order valence-electron chi connectivity index (χ0n) is 10.4. The minimum atomic E-state index is -1.19. The van der Waals surface area contributed by atoms with Crippen molar-refractivity contribution in [2.45, 2.75) is 38.7 Å². The van der Waals surface area contributed by atoms with Crippen molar-refractivity contribution in [3.63, 3.8) is 0 Å². The molecule has 1 atom stereocenters. The Morgan fingerprint density at radius 2 is 1.88 bits per heavy atom. The maximum Gasteiger partial charge on any atom is 0.350 e. The Morgan fingerprint density at radius 3 is 2.31 bits per heavy atom. The van der Waals surface area contributed by atoms with Gasteiger partial charge in [-0.15, -0.1) is 0 Å². The maximum absolute atomic E-state index is 11.5. The number of esters is 2. The van der Waals surface area contributed by atoms with Crippen molar-refractivity contribution in [3.8, 4) is 0 Å². The molecule has 5 nitrogen and oxygen atoms in total. The molecule has 0 saturated heterocycles. The highest BCUT2D eigenvalue weighted by Gasteiger charge is 2.37. The van der Waals surface area contributed by atoms with Gasteiger partial charge in [0.2, 0.25) is 5.60 Å². The normalized spacial score (nSPS) is 14.0. The molecule has 0 saturated carbocycles. The van der Waals surface area contributed by atoms with Gasteiger partial charge in [-0.25, -0.2) is 4.79 Å². The number of rotatable bonds is 7. The average molecular weight is 232 g/mol. The van der Waals surface area contributed by atoms with Crippen molar-refractivity contribution in [2.24, 2.45) is 0 Å². The van der Waals surface area contributed by atoms with Crippen molar-refractivity contribution < 1.29 is 23.8 Å². The van der Waals surface area contributed by atoms with E-state index in [9.17, 15) is 9.59 Å². The molecule has 0 radical (unpaired) electrons. The third kappa shape index (κ3) is 4.61. The minimum Gasteiger partial charge on any atom is -0.466 e. The van der Waals surface area contributed by atoms with E-state index in [-0.39, 0.29) is 13.0 Å². The summed E-state index contributed by atoms with van der Waals surface area (Å²) in [6, 6.07) is 0. The molecule has 0 aromatic heterocycles. The van der Waals surface area contributed by atoms with Crippen LogP contribution in [0.3, 0.4) is 0 Å². The molecular formula is C11H20O5. The van der Waals surface area contributed by atoms with Gasteiger partial charge in [-0.3, -0.25) is 4.79 Å². The lowest BCUT2D eigenvalue weighted by atomic mass is 10.0. The van der Waals surface area contributed by atoms with Crippen LogP contribution in [-0.4, -0.2) is 38.4 Å². The summed E-state index contributed by atoms with van der Waals surface area (Å²) >= 11 is 0. The molecule has 16 heavy (non-hydrogen) atoms. The van der Waals surface area contributed by atoms with Gasteiger partial charge in [-0.1, -0.05) is 13.3 Å². The summed E-state index contributed by atoms with van der Waals surface area (Å²) in [7, 11) is 2.78. The van der Waals surface area contributed by atoms with Crippen molar-refractivity contribution in [3.05, 3.63) is 0 Å². The first-order valence-electron chi connectivity index (χ1n) is 5.29. The van der Waals surface area contributed by atoms with E-state index in [1.807, 2.05) is 6.92 Å². The molecule has 0 rings (SSSR count). The summed E-state index contributed by atoms with van der Waals surface area (Å²) in [4.78, 5) is 22.9. The van der Waals surface area contributed by atoms with Crippen LogP contribution in [0.1, 0.15) is 33.1 Å². The molecule has 0 amide bonds. The van der Waals surface area contributed by atoms with Crippen LogP contribution in [0.25, 0.3) is 0 Å². The third-order valence-electron chi connectivity index (χ3n) is 2.19. The second-order valence-corrected chi connectivity index (χ2v) is 3.69. The fourth-order valence-electron chi connectivity index (χ4n) is 1.38. The van der Waals surface area contributed by atoms with E-state index < -0.39 is 17.5 Å². The zero-order chi connectivity index (χ0) is 12.6. The van der Waals surface area contributed by atoms with Gasteiger partial charge in [-0.2, -0.15) is 0 Å². The summed E-state index contributed by atoms with van der Waals surface area (Å²) < 4.78 is 14.5. The van der Waals surface area contributed by atoms with Gasteiger partial charge in [0.15, 0.2) is 0 Å². The van der Waals surface area contributed by atoms with Crippen LogP contribution in [0.4, 0.5) is 0 Å². The number of hydrogen-bond donors (Lipinski definition) is 0. The Labute approximate surface area is 96.1 Å². The predicted molar refractivity (Wildman–Crippen MR) is 57.9 cm³/mol. The van der Waals surface area contributed by atoms with Crippen LogP contribution in [0.2, 0.25) is 0 Å². The zero-order valence-corrected chi connectivity index (χ0v) is 10.4. The number of carbonyl (C=O) groups is 2. The van der Waals surface area contributed by atoms with E-state index in [0.717, 1.165) is 6.42 Å². The van der Waals surface area contributed by atoms with Gasteiger partial charge in [0.1, 0.15) is 0 Å². The number of ether oxygens (including phenoxy) is 3. The van der Waals surface area contributed by atoms with Crippen molar-refractivity contribution in [1.82, 2.24) is 0 Å². The van der Waals surface area contributed by atoms with Gasteiger partial charge < -0.3 is 14.2 Å². The molecule has 0 heterocycles. The van der Waals surface area contributed by atoms with E-state index in [0.29, 0.717) is 6.42 Å². The maximum atomic E-state index is 11.5. The van der Waals surface area contributed by atoms with E-state index in [1.54, 1.807) is 6.92 Å². The first-order valence-corrected chi connectivity index (χ1v) is 5.29. The van der Waals surface area contributed by atoms with Crippen LogP contribution in [-0.2, 0) is 23.8 Å². The van der Waals surface area contributed by atoms with Gasteiger partial charge in [-0.05, 0) is 13.3 Å². The molecule has 1 unspecified atom stereocenters. The highest BCUT2D eigenvalue weighted by atomic mass is 16.6. The predicted octanol–water partition coefficient (Wildman–Crippen LogP) is 1.30. The van der Waals surface area contributed by atoms with Crippen LogP contribution >= 0.6 is 0 Å². The van der Waals surface area contributed by atoms with Gasteiger partial charge >= 0.3 is 11.9 Å². The van der Waals surface area contributed by atoms with E-state index in [1.165, 1.54) is 14.2 Å². The molecule has 0 bridgehead atoms. The van der Waals surface area contributed by atoms with Crippen LogP contribution in [0.15, 0.2) is 0 Å². The number of methoxy groups -OCH3 is 2. The Balaban J connectivity index is 4.42. The quantitative estimate of drug-likeness (QED) is 0.619.